The summed E-state index contributed by atoms with van der Waals surface area (Å²) in [5, 5.41) is 3.96. The van der Waals surface area contributed by atoms with Crippen molar-refractivity contribution in [2.45, 2.75) is 52.2 Å². The number of carbonyl (C=O) groups excluding carboxylic acids is 2. The van der Waals surface area contributed by atoms with Gasteiger partial charge in [-0.15, -0.1) is 0 Å². The molecule has 0 aliphatic heterocycles. The van der Waals surface area contributed by atoms with Crippen LogP contribution in [0.15, 0.2) is 30.5 Å². The molecule has 140 valence electrons. The third kappa shape index (κ3) is 5.37. The zero-order chi connectivity index (χ0) is 19.5. The average Bonchev–Trinajstić information content (AvgIpc) is 2.85. The zero-order valence-electron chi connectivity index (χ0n) is 16.0. The summed E-state index contributed by atoms with van der Waals surface area (Å²) in [5.41, 5.74) is 7.02. The minimum Gasteiger partial charge on any atom is -0.444 e. The molecule has 2 rings (SSSR count). The van der Waals surface area contributed by atoms with Crippen molar-refractivity contribution >= 4 is 29.0 Å². The number of nitrogens with one attached hydrogen (secondary N) is 2. The molecule has 0 saturated heterocycles. The quantitative estimate of drug-likeness (QED) is 0.714. The van der Waals surface area contributed by atoms with Gasteiger partial charge in [0.15, 0.2) is 0 Å². The van der Waals surface area contributed by atoms with Crippen LogP contribution in [0, 0.1) is 0 Å². The summed E-state index contributed by atoms with van der Waals surface area (Å²) in [4.78, 5) is 26.3. The van der Waals surface area contributed by atoms with Gasteiger partial charge in [-0.2, -0.15) is 0 Å². The van der Waals surface area contributed by atoms with Crippen molar-refractivity contribution in [3.8, 4) is 0 Å². The van der Waals surface area contributed by atoms with E-state index in [9.17, 15) is 9.59 Å². The highest BCUT2D eigenvalue weighted by Crippen LogP contribution is 2.26. The minimum atomic E-state index is -0.539. The SMILES string of the molecule is CC(C)(Cc1c[nH]c2c(/C=C/C(N)=O)cccc12)NC(=O)OC(C)(C)C. The predicted octanol–water partition coefficient (Wildman–Crippen LogP) is 3.51. The number of carbonyl (C=O) groups is 2. The van der Waals surface area contributed by atoms with Crippen molar-refractivity contribution < 1.29 is 14.3 Å². The van der Waals surface area contributed by atoms with E-state index in [1.807, 2.05) is 59.0 Å². The van der Waals surface area contributed by atoms with E-state index < -0.39 is 23.1 Å². The van der Waals surface area contributed by atoms with Crippen LogP contribution in [0.3, 0.4) is 0 Å². The average molecular weight is 357 g/mol. The number of ether oxygens (including phenoxy) is 1. The summed E-state index contributed by atoms with van der Waals surface area (Å²) in [6.07, 6.45) is 5.13. The molecule has 2 amide bonds. The molecule has 26 heavy (non-hydrogen) atoms. The number of alkyl carbamates (subject to hydrolysis) is 1. The fourth-order valence-corrected chi connectivity index (χ4v) is 2.79. The van der Waals surface area contributed by atoms with Gasteiger partial charge in [0.2, 0.25) is 5.91 Å². The van der Waals surface area contributed by atoms with Crippen LogP contribution in [-0.2, 0) is 16.0 Å². The van der Waals surface area contributed by atoms with E-state index in [0.717, 1.165) is 22.0 Å². The maximum absolute atomic E-state index is 12.1. The van der Waals surface area contributed by atoms with E-state index in [2.05, 4.69) is 10.3 Å². The Morgan fingerprint density at radius 1 is 1.23 bits per heavy atom. The van der Waals surface area contributed by atoms with Crippen LogP contribution in [0.1, 0.15) is 45.7 Å². The highest BCUT2D eigenvalue weighted by molar-refractivity contribution is 5.95. The second-order valence-electron chi connectivity index (χ2n) is 8.01. The topological polar surface area (TPSA) is 97.2 Å². The van der Waals surface area contributed by atoms with Crippen LogP contribution in [-0.4, -0.2) is 28.1 Å². The molecule has 2 aromatic rings. The van der Waals surface area contributed by atoms with E-state index in [0.29, 0.717) is 6.42 Å². The summed E-state index contributed by atoms with van der Waals surface area (Å²) in [6, 6.07) is 5.84. The highest BCUT2D eigenvalue weighted by atomic mass is 16.6. The molecule has 0 fully saturated rings. The van der Waals surface area contributed by atoms with Crippen LogP contribution in [0.5, 0.6) is 0 Å². The molecule has 4 N–H and O–H groups in total. The fourth-order valence-electron chi connectivity index (χ4n) is 2.79. The lowest BCUT2D eigenvalue weighted by Crippen LogP contribution is -2.47. The first-order chi connectivity index (χ1) is 12.0. The summed E-state index contributed by atoms with van der Waals surface area (Å²) in [5.74, 6) is -0.489. The number of rotatable bonds is 5. The van der Waals surface area contributed by atoms with Crippen molar-refractivity contribution in [3.05, 3.63) is 41.6 Å². The summed E-state index contributed by atoms with van der Waals surface area (Å²) < 4.78 is 5.34. The van der Waals surface area contributed by atoms with Crippen molar-refractivity contribution in [2.75, 3.05) is 0 Å². The Morgan fingerprint density at radius 3 is 2.54 bits per heavy atom. The van der Waals surface area contributed by atoms with E-state index in [-0.39, 0.29) is 0 Å². The van der Waals surface area contributed by atoms with E-state index in [4.69, 9.17) is 10.5 Å². The predicted molar refractivity (Wildman–Crippen MR) is 104 cm³/mol. The standard InChI is InChI=1S/C20H27N3O3/c1-19(2,3)26-18(25)23-20(4,5)11-14-12-22-17-13(9-10-16(21)24)7-6-8-15(14)17/h6-10,12,22H,11H2,1-5H3,(H2,21,24)(H,23,25)/b10-9+. The first-order valence-corrected chi connectivity index (χ1v) is 8.54. The molecule has 0 bridgehead atoms. The Balaban J connectivity index is 2.21. The Morgan fingerprint density at radius 2 is 1.92 bits per heavy atom. The zero-order valence-corrected chi connectivity index (χ0v) is 16.0. The Labute approximate surface area is 153 Å². The first-order valence-electron chi connectivity index (χ1n) is 8.54. The number of primary amides is 1. The lowest BCUT2D eigenvalue weighted by molar-refractivity contribution is -0.113. The monoisotopic (exact) mass is 357 g/mol. The van der Waals surface area contributed by atoms with E-state index in [1.54, 1.807) is 6.08 Å². The van der Waals surface area contributed by atoms with Crippen LogP contribution in [0.2, 0.25) is 0 Å². The molecule has 1 heterocycles. The second kappa shape index (κ2) is 7.23. The normalized spacial score (nSPS) is 12.5. The molecule has 0 aliphatic carbocycles. The molecular weight excluding hydrogens is 330 g/mol. The lowest BCUT2D eigenvalue weighted by Gasteiger charge is -2.28. The largest absolute Gasteiger partial charge is 0.444 e. The Bertz CT molecular complexity index is 842. The summed E-state index contributed by atoms with van der Waals surface area (Å²) >= 11 is 0. The number of amides is 2. The van der Waals surface area contributed by atoms with Gasteiger partial charge in [0, 0.05) is 23.2 Å². The number of aromatic nitrogens is 1. The van der Waals surface area contributed by atoms with E-state index in [1.165, 1.54) is 6.08 Å². The number of para-hydroxylation sites is 1. The molecule has 0 radical (unpaired) electrons. The first kappa shape index (κ1) is 19.6. The molecule has 0 atom stereocenters. The summed E-state index contributed by atoms with van der Waals surface area (Å²) in [6.45, 7) is 9.40. The van der Waals surface area contributed by atoms with Gasteiger partial charge in [-0.1, -0.05) is 18.2 Å². The minimum absolute atomic E-state index is 0.438. The van der Waals surface area contributed by atoms with E-state index >= 15 is 0 Å². The van der Waals surface area contributed by atoms with Gasteiger partial charge >= 0.3 is 6.09 Å². The van der Waals surface area contributed by atoms with Gasteiger partial charge in [0.25, 0.3) is 0 Å². The molecular formula is C20H27N3O3. The van der Waals surface area contributed by atoms with Crippen molar-refractivity contribution in [1.82, 2.24) is 10.3 Å². The number of hydrogen-bond acceptors (Lipinski definition) is 3. The maximum Gasteiger partial charge on any atom is 0.408 e. The maximum atomic E-state index is 12.1. The van der Waals surface area contributed by atoms with Crippen molar-refractivity contribution in [2.24, 2.45) is 5.73 Å². The highest BCUT2D eigenvalue weighted by Gasteiger charge is 2.26. The third-order valence-electron chi connectivity index (χ3n) is 3.73. The van der Waals surface area contributed by atoms with Gasteiger partial charge in [-0.05, 0) is 58.2 Å². The number of hydrogen-bond donors (Lipinski definition) is 3. The number of fused-ring (bicyclic) bond motifs is 1. The number of benzene rings is 1. The van der Waals surface area contributed by atoms with Crippen LogP contribution in [0.4, 0.5) is 4.79 Å². The van der Waals surface area contributed by atoms with Crippen molar-refractivity contribution in [3.63, 3.8) is 0 Å². The Hall–Kier alpha value is -2.76. The molecule has 0 unspecified atom stereocenters. The lowest BCUT2D eigenvalue weighted by atomic mass is 9.94. The Kier molecular flexibility index (Phi) is 5.44. The van der Waals surface area contributed by atoms with Crippen LogP contribution >= 0.6 is 0 Å². The molecule has 0 aliphatic rings. The van der Waals surface area contributed by atoms with Gasteiger partial charge in [-0.25, -0.2) is 4.79 Å². The third-order valence-corrected chi connectivity index (χ3v) is 3.73. The molecule has 6 nitrogen and oxygen atoms in total. The number of H-pyrrole nitrogens is 1. The van der Waals surface area contributed by atoms with Gasteiger partial charge < -0.3 is 20.8 Å². The van der Waals surface area contributed by atoms with Crippen LogP contribution in [0.25, 0.3) is 17.0 Å². The molecule has 1 aromatic carbocycles. The fraction of sp³-hybridized carbons (Fsp3) is 0.400. The smallest absolute Gasteiger partial charge is 0.408 e. The van der Waals surface area contributed by atoms with Crippen molar-refractivity contribution in [1.29, 1.82) is 0 Å². The van der Waals surface area contributed by atoms with Gasteiger partial charge in [-0.3, -0.25) is 4.79 Å². The van der Waals surface area contributed by atoms with Gasteiger partial charge in [0.1, 0.15) is 5.60 Å². The number of aromatic amines is 1. The molecule has 1 aromatic heterocycles. The molecule has 0 spiro atoms. The molecule has 0 saturated carbocycles. The van der Waals surface area contributed by atoms with Crippen LogP contribution < -0.4 is 11.1 Å². The van der Waals surface area contributed by atoms with Gasteiger partial charge in [0.05, 0.1) is 5.52 Å². The summed E-state index contributed by atoms with van der Waals surface area (Å²) in [7, 11) is 0. The second-order valence-corrected chi connectivity index (χ2v) is 8.01. The number of nitrogens with two attached hydrogens (primary N) is 1. The molecule has 6 heteroatoms.